The maximum atomic E-state index is 13.5. The Labute approximate surface area is 211 Å². The number of aryl methyl sites for hydroxylation is 2. The minimum Gasteiger partial charge on any atom is -0.310 e. The summed E-state index contributed by atoms with van der Waals surface area (Å²) in [5.74, 6) is 0.846. The summed E-state index contributed by atoms with van der Waals surface area (Å²) in [7, 11) is 0. The Balaban J connectivity index is 1.51. The molecule has 3 aromatic rings. The minimum atomic E-state index is -4.60. The van der Waals surface area contributed by atoms with E-state index in [-0.39, 0.29) is 23.8 Å². The van der Waals surface area contributed by atoms with Gasteiger partial charge in [-0.15, -0.1) is 16.9 Å². The molecule has 1 unspecified atom stereocenters. The molecule has 0 bridgehead atoms. The van der Waals surface area contributed by atoms with Gasteiger partial charge in [0, 0.05) is 10.5 Å². The summed E-state index contributed by atoms with van der Waals surface area (Å²) in [6.07, 6.45) is -3.70. The van der Waals surface area contributed by atoms with E-state index in [0.29, 0.717) is 35.5 Å². The Hall–Kier alpha value is -3.27. The smallest absolute Gasteiger partial charge is 0.310 e. The molecule has 2 aromatic heterocycles. The molecular weight excluding hydrogens is 489 g/mol. The zero-order chi connectivity index (χ0) is 26.1. The van der Waals surface area contributed by atoms with Gasteiger partial charge in [0.2, 0.25) is 5.91 Å². The van der Waals surface area contributed by atoms with Crippen molar-refractivity contribution in [2.75, 3.05) is 11.1 Å². The highest BCUT2D eigenvalue weighted by Gasteiger charge is 2.43. The van der Waals surface area contributed by atoms with E-state index in [2.05, 4.69) is 27.4 Å². The number of ketones is 1. The van der Waals surface area contributed by atoms with Crippen LogP contribution in [0.25, 0.3) is 0 Å². The van der Waals surface area contributed by atoms with Crippen LogP contribution in [0.2, 0.25) is 0 Å². The van der Waals surface area contributed by atoms with Crippen molar-refractivity contribution in [1.82, 2.24) is 15.2 Å². The predicted octanol–water partition coefficient (Wildman–Crippen LogP) is 5.58. The van der Waals surface area contributed by atoms with Gasteiger partial charge in [0.25, 0.3) is 0 Å². The molecule has 1 aromatic carbocycles. The molecule has 0 radical (unpaired) electrons. The number of Topliss-reactive ketones (excluding diaryl/α,β-unsaturated/α-hetero) is 1. The van der Waals surface area contributed by atoms with Crippen LogP contribution in [0.15, 0.2) is 47.4 Å². The van der Waals surface area contributed by atoms with E-state index in [1.165, 1.54) is 6.07 Å². The first-order chi connectivity index (χ1) is 17.0. The van der Waals surface area contributed by atoms with E-state index < -0.39 is 17.3 Å². The molecule has 36 heavy (non-hydrogen) atoms. The van der Waals surface area contributed by atoms with Crippen LogP contribution in [0.4, 0.5) is 19.0 Å². The second-order valence-corrected chi connectivity index (χ2v) is 10.2. The van der Waals surface area contributed by atoms with Gasteiger partial charge in [0.05, 0.1) is 23.2 Å². The van der Waals surface area contributed by atoms with Gasteiger partial charge in [-0.3, -0.25) is 9.59 Å². The van der Waals surface area contributed by atoms with Crippen molar-refractivity contribution in [3.05, 3.63) is 76.2 Å². The number of halogens is 3. The van der Waals surface area contributed by atoms with Crippen LogP contribution in [0.3, 0.4) is 0 Å². The molecule has 0 fully saturated rings. The standard InChI is InChI=1S/C26H25F3N4O2S/c1-4-36-17-7-5-16(6-8-17)14-22(34)31-21-13-15(2)23-18(30-21)11-12-25(3,24(23)35)19-9-10-20(33-32-19)26(27,28)29/h5-10,13H,4,11-12,14H2,1-3H3,(H,30,31,34). The lowest BCUT2D eigenvalue weighted by atomic mass is 9.70. The van der Waals surface area contributed by atoms with Gasteiger partial charge in [0.15, 0.2) is 11.5 Å². The molecule has 0 saturated carbocycles. The summed E-state index contributed by atoms with van der Waals surface area (Å²) in [5.41, 5.74) is 0.432. The van der Waals surface area contributed by atoms with Crippen molar-refractivity contribution in [3.8, 4) is 0 Å². The molecular formula is C26H25F3N4O2S. The van der Waals surface area contributed by atoms with Crippen molar-refractivity contribution >= 4 is 29.3 Å². The van der Waals surface area contributed by atoms with Crippen molar-refractivity contribution in [3.63, 3.8) is 0 Å². The van der Waals surface area contributed by atoms with E-state index in [4.69, 9.17) is 0 Å². The first-order valence-electron chi connectivity index (χ1n) is 11.5. The fourth-order valence-electron chi connectivity index (χ4n) is 4.32. The number of carbonyl (C=O) groups is 2. The number of fused-ring (bicyclic) bond motifs is 1. The third kappa shape index (κ3) is 5.28. The molecule has 6 nitrogen and oxygen atoms in total. The molecule has 1 atom stereocenters. The fourth-order valence-corrected chi connectivity index (χ4v) is 4.98. The number of hydrogen-bond donors (Lipinski definition) is 1. The number of thioether (sulfide) groups is 1. The zero-order valence-electron chi connectivity index (χ0n) is 20.1. The minimum absolute atomic E-state index is 0.186. The Morgan fingerprint density at radius 1 is 1.14 bits per heavy atom. The first-order valence-corrected chi connectivity index (χ1v) is 12.5. The number of carbonyl (C=O) groups excluding carboxylic acids is 2. The number of alkyl halides is 3. The second kappa shape index (κ2) is 10.0. The molecule has 0 spiro atoms. The summed E-state index contributed by atoms with van der Waals surface area (Å²) in [4.78, 5) is 31.7. The number of anilines is 1. The number of hydrogen-bond acceptors (Lipinski definition) is 6. The number of nitrogens with one attached hydrogen (secondary N) is 1. The molecule has 0 saturated heterocycles. The highest BCUT2D eigenvalue weighted by atomic mass is 32.2. The number of amides is 1. The monoisotopic (exact) mass is 514 g/mol. The Kier molecular flexibility index (Phi) is 7.17. The van der Waals surface area contributed by atoms with Crippen molar-refractivity contribution in [2.45, 2.75) is 56.5 Å². The zero-order valence-corrected chi connectivity index (χ0v) is 20.9. The average Bonchev–Trinajstić information content (AvgIpc) is 2.82. The van der Waals surface area contributed by atoms with Gasteiger partial charge >= 0.3 is 6.18 Å². The number of aromatic nitrogens is 3. The Morgan fingerprint density at radius 3 is 2.47 bits per heavy atom. The van der Waals surface area contributed by atoms with Crippen LogP contribution >= 0.6 is 11.8 Å². The lowest BCUT2D eigenvalue weighted by Gasteiger charge is -2.33. The SMILES string of the molecule is CCSc1ccc(CC(=O)Nc2cc(C)c3c(n2)CCC(C)(c2ccc(C(F)(F)F)nn2)C3=O)cc1. The maximum absolute atomic E-state index is 13.5. The van der Waals surface area contributed by atoms with E-state index >= 15 is 0 Å². The Bertz CT molecular complexity index is 1290. The topological polar surface area (TPSA) is 84.8 Å². The first kappa shape index (κ1) is 25.8. The summed E-state index contributed by atoms with van der Waals surface area (Å²) in [5, 5.41) is 9.84. The molecule has 1 N–H and O–H groups in total. The molecule has 4 rings (SSSR count). The second-order valence-electron chi connectivity index (χ2n) is 8.91. The van der Waals surface area contributed by atoms with Crippen LogP contribution in [0, 0.1) is 6.92 Å². The molecule has 188 valence electrons. The predicted molar refractivity (Wildman–Crippen MR) is 131 cm³/mol. The molecule has 1 aliphatic carbocycles. The largest absolute Gasteiger partial charge is 0.435 e. The number of pyridine rings is 1. The van der Waals surface area contributed by atoms with Crippen molar-refractivity contribution < 1.29 is 22.8 Å². The lowest BCUT2D eigenvalue weighted by Crippen LogP contribution is -2.39. The van der Waals surface area contributed by atoms with Gasteiger partial charge in [0.1, 0.15) is 5.82 Å². The number of benzene rings is 1. The highest BCUT2D eigenvalue weighted by molar-refractivity contribution is 7.99. The normalized spacial score (nSPS) is 17.6. The third-order valence-corrected chi connectivity index (χ3v) is 7.16. The molecule has 1 aliphatic rings. The van der Waals surface area contributed by atoms with E-state index in [1.54, 1.807) is 31.7 Å². The average molecular weight is 515 g/mol. The van der Waals surface area contributed by atoms with Gasteiger partial charge in [-0.05, 0) is 73.9 Å². The van der Waals surface area contributed by atoms with Crippen LogP contribution in [0.1, 0.15) is 58.8 Å². The van der Waals surface area contributed by atoms with Crippen LogP contribution in [0.5, 0.6) is 0 Å². The van der Waals surface area contributed by atoms with Gasteiger partial charge < -0.3 is 5.32 Å². The van der Waals surface area contributed by atoms with Crippen LogP contribution in [-0.2, 0) is 29.2 Å². The molecule has 1 amide bonds. The number of rotatable bonds is 6. The van der Waals surface area contributed by atoms with Crippen LogP contribution in [-0.4, -0.2) is 32.6 Å². The summed E-state index contributed by atoms with van der Waals surface area (Å²) in [6.45, 7) is 5.49. The van der Waals surface area contributed by atoms with Crippen molar-refractivity contribution in [1.29, 1.82) is 0 Å². The van der Waals surface area contributed by atoms with E-state index in [0.717, 1.165) is 22.3 Å². The van der Waals surface area contributed by atoms with Gasteiger partial charge in [-0.2, -0.15) is 18.3 Å². The van der Waals surface area contributed by atoms with Gasteiger partial charge in [-0.25, -0.2) is 4.98 Å². The molecule has 2 heterocycles. The van der Waals surface area contributed by atoms with E-state index in [9.17, 15) is 22.8 Å². The van der Waals surface area contributed by atoms with Crippen molar-refractivity contribution in [2.24, 2.45) is 0 Å². The Morgan fingerprint density at radius 2 is 1.86 bits per heavy atom. The summed E-state index contributed by atoms with van der Waals surface area (Å²) < 4.78 is 38.6. The maximum Gasteiger partial charge on any atom is 0.435 e. The van der Waals surface area contributed by atoms with Crippen LogP contribution < -0.4 is 5.32 Å². The highest BCUT2D eigenvalue weighted by Crippen LogP contribution is 2.39. The fraction of sp³-hybridized carbons (Fsp3) is 0.346. The summed E-state index contributed by atoms with van der Waals surface area (Å²) in [6, 6.07) is 11.5. The number of nitrogens with zero attached hydrogens (tertiary/aromatic N) is 3. The van der Waals surface area contributed by atoms with E-state index in [1.807, 2.05) is 24.3 Å². The lowest BCUT2D eigenvalue weighted by molar-refractivity contribution is -0.141. The third-order valence-electron chi connectivity index (χ3n) is 6.27. The van der Waals surface area contributed by atoms with Gasteiger partial charge in [-0.1, -0.05) is 19.1 Å². The quantitative estimate of drug-likeness (QED) is 0.433. The summed E-state index contributed by atoms with van der Waals surface area (Å²) >= 11 is 1.73. The molecule has 0 aliphatic heterocycles. The molecule has 10 heteroatoms.